The van der Waals surface area contributed by atoms with E-state index in [1.165, 1.54) is 5.57 Å². The molecule has 21 heavy (non-hydrogen) atoms. The Morgan fingerprint density at radius 1 is 1.19 bits per heavy atom. The molecular formula is C16H28N4O. The zero-order valence-corrected chi connectivity index (χ0v) is 13.1. The van der Waals surface area contributed by atoms with Gasteiger partial charge in [0.2, 0.25) is 5.91 Å². The molecular weight excluding hydrogens is 264 g/mol. The number of amides is 1. The van der Waals surface area contributed by atoms with Crippen molar-refractivity contribution in [2.45, 2.75) is 39.0 Å². The molecule has 0 aromatic heterocycles. The van der Waals surface area contributed by atoms with Gasteiger partial charge in [-0.15, -0.1) is 0 Å². The van der Waals surface area contributed by atoms with Crippen LogP contribution in [0.2, 0.25) is 0 Å². The summed E-state index contributed by atoms with van der Waals surface area (Å²) in [5.41, 5.74) is 1.22. The van der Waals surface area contributed by atoms with Crippen molar-refractivity contribution in [3.8, 4) is 0 Å². The lowest BCUT2D eigenvalue weighted by Gasteiger charge is -2.13. The fraction of sp³-hybridized carbons (Fsp3) is 0.625. The molecule has 5 nitrogen and oxygen atoms in total. The molecule has 118 valence electrons. The van der Waals surface area contributed by atoms with E-state index in [1.54, 1.807) is 6.92 Å². The van der Waals surface area contributed by atoms with Crippen LogP contribution in [-0.2, 0) is 4.79 Å². The molecule has 0 saturated heterocycles. The first-order valence-corrected chi connectivity index (χ1v) is 7.78. The van der Waals surface area contributed by atoms with Gasteiger partial charge in [-0.3, -0.25) is 9.79 Å². The number of unbranched alkanes of at least 4 members (excludes halogenated alkanes) is 3. The fourth-order valence-corrected chi connectivity index (χ4v) is 2.06. The first kappa shape index (κ1) is 17.3. The van der Waals surface area contributed by atoms with Crippen molar-refractivity contribution in [2.75, 3.05) is 26.2 Å². The maximum Gasteiger partial charge on any atom is 0.216 e. The van der Waals surface area contributed by atoms with Gasteiger partial charge in [-0.2, -0.15) is 0 Å². The normalized spacial score (nSPS) is 13.5. The number of dihydropyridines is 1. The third-order valence-electron chi connectivity index (χ3n) is 3.24. The number of aliphatic imine (C=N–C) groups is 1. The molecule has 0 fully saturated rings. The van der Waals surface area contributed by atoms with Crippen LogP contribution in [0.25, 0.3) is 0 Å². The first-order valence-electron chi connectivity index (χ1n) is 7.78. The SMILES string of the molecule is C=C(NCCCCCCNC(C)=O)NCC1=CCCN=C1. The topological polar surface area (TPSA) is 65.5 Å². The summed E-state index contributed by atoms with van der Waals surface area (Å²) in [7, 11) is 0. The third-order valence-corrected chi connectivity index (χ3v) is 3.24. The van der Waals surface area contributed by atoms with Crippen LogP contribution in [0.15, 0.2) is 29.0 Å². The Bertz CT molecular complexity index is 388. The Labute approximate surface area is 128 Å². The van der Waals surface area contributed by atoms with Crippen molar-refractivity contribution in [1.29, 1.82) is 0 Å². The van der Waals surface area contributed by atoms with E-state index < -0.39 is 0 Å². The molecule has 0 aliphatic carbocycles. The molecule has 0 atom stereocenters. The van der Waals surface area contributed by atoms with Crippen LogP contribution in [0.3, 0.4) is 0 Å². The van der Waals surface area contributed by atoms with Crippen LogP contribution in [-0.4, -0.2) is 38.3 Å². The Hall–Kier alpha value is -1.78. The molecule has 5 heteroatoms. The van der Waals surface area contributed by atoms with E-state index in [2.05, 4.69) is 33.6 Å². The van der Waals surface area contributed by atoms with Gasteiger partial charge in [-0.25, -0.2) is 0 Å². The molecule has 1 aliphatic rings. The summed E-state index contributed by atoms with van der Waals surface area (Å²) in [5.74, 6) is 0.922. The lowest BCUT2D eigenvalue weighted by Crippen LogP contribution is -2.28. The highest BCUT2D eigenvalue weighted by Crippen LogP contribution is 2.00. The van der Waals surface area contributed by atoms with Crippen LogP contribution in [0, 0.1) is 0 Å². The van der Waals surface area contributed by atoms with Gasteiger partial charge in [0.15, 0.2) is 0 Å². The Kier molecular flexibility index (Phi) is 9.00. The number of nitrogens with zero attached hydrogens (tertiary/aromatic N) is 1. The quantitative estimate of drug-likeness (QED) is 0.508. The lowest BCUT2D eigenvalue weighted by atomic mass is 10.2. The van der Waals surface area contributed by atoms with E-state index in [0.717, 1.165) is 64.1 Å². The van der Waals surface area contributed by atoms with Gasteiger partial charge >= 0.3 is 0 Å². The maximum atomic E-state index is 10.7. The second kappa shape index (κ2) is 10.9. The minimum Gasteiger partial charge on any atom is -0.372 e. The van der Waals surface area contributed by atoms with Gasteiger partial charge in [0.05, 0.1) is 5.82 Å². The number of hydrogen-bond donors (Lipinski definition) is 3. The number of carbonyl (C=O) groups is 1. The van der Waals surface area contributed by atoms with Gasteiger partial charge in [-0.05, 0) is 24.8 Å². The second-order valence-corrected chi connectivity index (χ2v) is 5.26. The molecule has 1 aliphatic heterocycles. The molecule has 1 rings (SSSR count). The van der Waals surface area contributed by atoms with E-state index in [0.29, 0.717) is 0 Å². The average molecular weight is 292 g/mol. The summed E-state index contributed by atoms with van der Waals surface area (Å²) in [4.78, 5) is 14.9. The number of rotatable bonds is 11. The summed E-state index contributed by atoms with van der Waals surface area (Å²) >= 11 is 0. The summed E-state index contributed by atoms with van der Waals surface area (Å²) in [6.07, 6.45) is 9.65. The smallest absolute Gasteiger partial charge is 0.216 e. The molecule has 0 aromatic carbocycles. The number of carbonyl (C=O) groups excluding carboxylic acids is 1. The van der Waals surface area contributed by atoms with E-state index in [4.69, 9.17) is 0 Å². The van der Waals surface area contributed by atoms with Crippen LogP contribution < -0.4 is 16.0 Å². The van der Waals surface area contributed by atoms with E-state index in [9.17, 15) is 4.79 Å². The number of hydrogen-bond acceptors (Lipinski definition) is 4. The highest BCUT2D eigenvalue weighted by molar-refractivity contribution is 5.79. The van der Waals surface area contributed by atoms with Gasteiger partial charge < -0.3 is 16.0 Å². The average Bonchev–Trinajstić information content (AvgIpc) is 2.48. The Balaban J connectivity index is 1.90. The van der Waals surface area contributed by atoms with Crippen LogP contribution in [0.4, 0.5) is 0 Å². The summed E-state index contributed by atoms with van der Waals surface area (Å²) in [5, 5.41) is 9.36. The molecule has 1 amide bonds. The van der Waals surface area contributed by atoms with Crippen molar-refractivity contribution in [3.63, 3.8) is 0 Å². The molecule has 0 aromatic rings. The molecule has 0 spiro atoms. The van der Waals surface area contributed by atoms with Crippen molar-refractivity contribution in [3.05, 3.63) is 24.0 Å². The van der Waals surface area contributed by atoms with E-state index in [-0.39, 0.29) is 5.91 Å². The van der Waals surface area contributed by atoms with Crippen LogP contribution >= 0.6 is 0 Å². The minimum atomic E-state index is 0.0529. The zero-order valence-electron chi connectivity index (χ0n) is 13.1. The van der Waals surface area contributed by atoms with E-state index in [1.807, 2.05) is 6.21 Å². The molecule has 0 bridgehead atoms. The standard InChI is InChI=1S/C16H28N4O/c1-14(20-13-16-8-7-9-17-12-16)18-10-5-3-4-6-11-19-15(2)21/h8,12,18,20H,1,3-7,9-11,13H2,2H3,(H,19,21). The molecule has 0 unspecified atom stereocenters. The van der Waals surface area contributed by atoms with E-state index >= 15 is 0 Å². The largest absolute Gasteiger partial charge is 0.372 e. The van der Waals surface area contributed by atoms with Crippen LogP contribution in [0.5, 0.6) is 0 Å². The molecule has 1 heterocycles. The second-order valence-electron chi connectivity index (χ2n) is 5.26. The lowest BCUT2D eigenvalue weighted by molar-refractivity contribution is -0.118. The monoisotopic (exact) mass is 292 g/mol. The molecule has 3 N–H and O–H groups in total. The van der Waals surface area contributed by atoms with Crippen molar-refractivity contribution in [2.24, 2.45) is 4.99 Å². The Morgan fingerprint density at radius 2 is 1.90 bits per heavy atom. The van der Waals surface area contributed by atoms with Crippen LogP contribution in [0.1, 0.15) is 39.0 Å². The van der Waals surface area contributed by atoms with Gasteiger partial charge in [0.25, 0.3) is 0 Å². The Morgan fingerprint density at radius 3 is 2.52 bits per heavy atom. The third kappa shape index (κ3) is 9.71. The number of nitrogens with one attached hydrogen (secondary N) is 3. The van der Waals surface area contributed by atoms with Gasteiger partial charge in [0.1, 0.15) is 0 Å². The maximum absolute atomic E-state index is 10.7. The van der Waals surface area contributed by atoms with Gasteiger partial charge in [0, 0.05) is 39.3 Å². The summed E-state index contributed by atoms with van der Waals surface area (Å²) in [6.45, 7) is 8.92. The predicted molar refractivity (Wildman–Crippen MR) is 88.4 cm³/mol. The zero-order chi connectivity index (χ0) is 15.3. The van der Waals surface area contributed by atoms with Crippen molar-refractivity contribution in [1.82, 2.24) is 16.0 Å². The predicted octanol–water partition coefficient (Wildman–Crippen LogP) is 1.73. The van der Waals surface area contributed by atoms with Gasteiger partial charge in [-0.1, -0.05) is 25.5 Å². The summed E-state index contributed by atoms with van der Waals surface area (Å²) < 4.78 is 0. The minimum absolute atomic E-state index is 0.0529. The molecule has 0 saturated carbocycles. The molecule has 0 radical (unpaired) electrons. The highest BCUT2D eigenvalue weighted by Gasteiger charge is 1.99. The summed E-state index contributed by atoms with van der Waals surface area (Å²) in [6, 6.07) is 0. The first-order chi connectivity index (χ1) is 10.2. The van der Waals surface area contributed by atoms with Crippen molar-refractivity contribution >= 4 is 12.1 Å². The fourth-order valence-electron chi connectivity index (χ4n) is 2.06. The van der Waals surface area contributed by atoms with Crippen molar-refractivity contribution < 1.29 is 4.79 Å². The highest BCUT2D eigenvalue weighted by atomic mass is 16.1.